The molecule has 0 spiro atoms. The summed E-state index contributed by atoms with van der Waals surface area (Å²) in [5, 5.41) is 2.59. The van der Waals surface area contributed by atoms with Crippen LogP contribution in [0.2, 0.25) is 0 Å². The van der Waals surface area contributed by atoms with Crippen molar-refractivity contribution in [1.82, 2.24) is 5.32 Å². The summed E-state index contributed by atoms with van der Waals surface area (Å²) in [6, 6.07) is 5.53. The maximum Gasteiger partial charge on any atom is 0.251 e. The van der Waals surface area contributed by atoms with Crippen molar-refractivity contribution in [3.05, 3.63) is 29.3 Å². The van der Waals surface area contributed by atoms with E-state index in [2.05, 4.69) is 19.2 Å². The number of methoxy groups -OCH3 is 1. The van der Waals surface area contributed by atoms with E-state index in [9.17, 15) is 4.79 Å². The van der Waals surface area contributed by atoms with Crippen molar-refractivity contribution in [1.29, 1.82) is 0 Å². The van der Waals surface area contributed by atoms with Crippen LogP contribution < -0.4 is 10.1 Å². The molecule has 0 heterocycles. The van der Waals surface area contributed by atoms with E-state index in [1.54, 1.807) is 20.2 Å². The Morgan fingerprint density at radius 3 is 2.29 bits per heavy atom. The van der Waals surface area contributed by atoms with Gasteiger partial charge in [-0.05, 0) is 23.6 Å². The number of hydrogen-bond donors (Lipinski definition) is 1. The number of ether oxygens (including phenoxy) is 1. The quantitative estimate of drug-likeness (QED) is 0.876. The molecule has 96 valence electrons. The zero-order valence-corrected chi connectivity index (χ0v) is 11.6. The second-order valence-electron chi connectivity index (χ2n) is 3.69. The number of carbonyl (C=O) groups excluding carboxylic acids is 1. The van der Waals surface area contributed by atoms with Gasteiger partial charge in [-0.25, -0.2) is 0 Å². The lowest BCUT2D eigenvalue weighted by atomic mass is 10.00. The van der Waals surface area contributed by atoms with E-state index in [-0.39, 0.29) is 5.91 Å². The standard InChI is InChI=1S/C12H17NO2.C2H6/c1-8(2)10-6-5-9(12(14)13-3)7-11(10)15-4;1-2/h5-8H,1-4H3,(H,13,14);1-2H3. The fourth-order valence-corrected chi connectivity index (χ4v) is 1.47. The van der Waals surface area contributed by atoms with Crippen molar-refractivity contribution in [3.63, 3.8) is 0 Å². The van der Waals surface area contributed by atoms with E-state index in [1.165, 1.54) is 0 Å². The Kier molecular flexibility index (Phi) is 7.03. The van der Waals surface area contributed by atoms with Gasteiger partial charge in [0, 0.05) is 12.6 Å². The lowest BCUT2D eigenvalue weighted by Crippen LogP contribution is -2.17. The first-order chi connectivity index (χ1) is 8.10. The summed E-state index contributed by atoms with van der Waals surface area (Å²) in [6.07, 6.45) is 0. The molecule has 1 aromatic rings. The van der Waals surface area contributed by atoms with Crippen molar-refractivity contribution in [2.75, 3.05) is 14.2 Å². The minimum Gasteiger partial charge on any atom is -0.496 e. The van der Waals surface area contributed by atoms with Gasteiger partial charge in [-0.1, -0.05) is 33.8 Å². The first-order valence-corrected chi connectivity index (χ1v) is 6.00. The van der Waals surface area contributed by atoms with E-state index in [1.807, 2.05) is 26.0 Å². The van der Waals surface area contributed by atoms with Crippen LogP contribution in [0.15, 0.2) is 18.2 Å². The normalized spacial score (nSPS) is 9.35. The smallest absolute Gasteiger partial charge is 0.251 e. The molecule has 0 unspecified atom stereocenters. The highest BCUT2D eigenvalue weighted by molar-refractivity contribution is 5.94. The summed E-state index contributed by atoms with van der Waals surface area (Å²) >= 11 is 0. The maximum atomic E-state index is 11.4. The molecule has 1 rings (SSSR count). The van der Waals surface area contributed by atoms with Crippen LogP contribution >= 0.6 is 0 Å². The number of amides is 1. The zero-order valence-electron chi connectivity index (χ0n) is 11.6. The summed E-state index contributed by atoms with van der Waals surface area (Å²) in [5.41, 5.74) is 1.74. The summed E-state index contributed by atoms with van der Waals surface area (Å²) in [6.45, 7) is 8.19. The average molecular weight is 237 g/mol. The third-order valence-electron chi connectivity index (χ3n) is 2.34. The summed E-state index contributed by atoms with van der Waals surface area (Å²) in [5.74, 6) is 1.06. The van der Waals surface area contributed by atoms with E-state index < -0.39 is 0 Å². The summed E-state index contributed by atoms with van der Waals surface area (Å²) in [7, 11) is 3.24. The van der Waals surface area contributed by atoms with Gasteiger partial charge in [-0.3, -0.25) is 4.79 Å². The van der Waals surface area contributed by atoms with Crippen LogP contribution in [0, 0.1) is 0 Å². The van der Waals surface area contributed by atoms with Crippen molar-refractivity contribution in [2.45, 2.75) is 33.6 Å². The van der Waals surface area contributed by atoms with Gasteiger partial charge in [0.25, 0.3) is 5.91 Å². The van der Waals surface area contributed by atoms with Crippen molar-refractivity contribution in [3.8, 4) is 5.75 Å². The number of benzene rings is 1. The molecule has 17 heavy (non-hydrogen) atoms. The molecule has 1 aromatic carbocycles. The van der Waals surface area contributed by atoms with Crippen LogP contribution in [0.1, 0.15) is 49.5 Å². The number of carbonyl (C=O) groups is 1. The van der Waals surface area contributed by atoms with Gasteiger partial charge in [0.05, 0.1) is 7.11 Å². The first-order valence-electron chi connectivity index (χ1n) is 6.00. The van der Waals surface area contributed by atoms with Crippen LogP contribution in [0.3, 0.4) is 0 Å². The van der Waals surface area contributed by atoms with E-state index in [0.29, 0.717) is 11.5 Å². The van der Waals surface area contributed by atoms with Gasteiger partial charge >= 0.3 is 0 Å². The minimum absolute atomic E-state index is 0.0939. The molecule has 0 radical (unpaired) electrons. The highest BCUT2D eigenvalue weighted by Crippen LogP contribution is 2.27. The molecule has 1 N–H and O–H groups in total. The van der Waals surface area contributed by atoms with Gasteiger partial charge in [0.1, 0.15) is 5.75 Å². The van der Waals surface area contributed by atoms with Gasteiger partial charge < -0.3 is 10.1 Å². The van der Waals surface area contributed by atoms with Gasteiger partial charge in [0.15, 0.2) is 0 Å². The molecule has 3 nitrogen and oxygen atoms in total. The van der Waals surface area contributed by atoms with Gasteiger partial charge in [-0.2, -0.15) is 0 Å². The number of hydrogen-bond acceptors (Lipinski definition) is 2. The summed E-state index contributed by atoms with van der Waals surface area (Å²) < 4.78 is 5.26. The Morgan fingerprint density at radius 2 is 1.88 bits per heavy atom. The van der Waals surface area contributed by atoms with Gasteiger partial charge in [-0.15, -0.1) is 0 Å². The third kappa shape index (κ3) is 4.10. The molecule has 0 aromatic heterocycles. The Labute approximate surface area is 104 Å². The topological polar surface area (TPSA) is 38.3 Å². The number of nitrogens with one attached hydrogen (secondary N) is 1. The van der Waals surface area contributed by atoms with E-state index in [0.717, 1.165) is 11.3 Å². The highest BCUT2D eigenvalue weighted by Gasteiger charge is 2.10. The van der Waals surface area contributed by atoms with Crippen LogP contribution in [0.5, 0.6) is 5.75 Å². The molecular weight excluding hydrogens is 214 g/mol. The van der Waals surface area contributed by atoms with Crippen LogP contribution in [0.25, 0.3) is 0 Å². The van der Waals surface area contributed by atoms with Crippen molar-refractivity contribution in [2.24, 2.45) is 0 Å². The maximum absolute atomic E-state index is 11.4. The molecule has 0 fully saturated rings. The molecule has 0 aliphatic carbocycles. The molecular formula is C14H23NO2. The third-order valence-corrected chi connectivity index (χ3v) is 2.34. The second kappa shape index (κ2) is 7.71. The molecule has 0 bridgehead atoms. The van der Waals surface area contributed by atoms with Crippen molar-refractivity contribution >= 4 is 5.91 Å². The lowest BCUT2D eigenvalue weighted by molar-refractivity contribution is 0.0962. The molecule has 0 atom stereocenters. The zero-order chi connectivity index (χ0) is 13.4. The Morgan fingerprint density at radius 1 is 1.29 bits per heavy atom. The Balaban J connectivity index is 0.00000121. The van der Waals surface area contributed by atoms with E-state index >= 15 is 0 Å². The molecule has 0 aliphatic rings. The largest absolute Gasteiger partial charge is 0.496 e. The molecule has 0 saturated carbocycles. The van der Waals surface area contributed by atoms with Crippen LogP contribution in [-0.2, 0) is 0 Å². The van der Waals surface area contributed by atoms with Gasteiger partial charge in [0.2, 0.25) is 0 Å². The van der Waals surface area contributed by atoms with Crippen LogP contribution in [-0.4, -0.2) is 20.1 Å². The minimum atomic E-state index is -0.0939. The lowest BCUT2D eigenvalue weighted by Gasteiger charge is -2.12. The average Bonchev–Trinajstić information content (AvgIpc) is 2.39. The Bertz CT molecular complexity index is 359. The fourth-order valence-electron chi connectivity index (χ4n) is 1.47. The Hall–Kier alpha value is -1.51. The monoisotopic (exact) mass is 237 g/mol. The predicted molar refractivity (Wildman–Crippen MR) is 71.8 cm³/mol. The SMILES string of the molecule is CC.CNC(=O)c1ccc(C(C)C)c(OC)c1. The molecule has 0 saturated heterocycles. The van der Waals surface area contributed by atoms with E-state index in [4.69, 9.17) is 4.74 Å². The summed E-state index contributed by atoms with van der Waals surface area (Å²) in [4.78, 5) is 11.4. The molecule has 0 aliphatic heterocycles. The highest BCUT2D eigenvalue weighted by atomic mass is 16.5. The molecule has 1 amide bonds. The second-order valence-corrected chi connectivity index (χ2v) is 3.69. The molecule has 3 heteroatoms. The van der Waals surface area contributed by atoms with Crippen molar-refractivity contribution < 1.29 is 9.53 Å². The fraction of sp³-hybridized carbons (Fsp3) is 0.500. The van der Waals surface area contributed by atoms with Crippen LogP contribution in [0.4, 0.5) is 0 Å². The number of rotatable bonds is 3. The first kappa shape index (κ1) is 15.5. The predicted octanol–water partition coefficient (Wildman–Crippen LogP) is 3.20.